The van der Waals surface area contributed by atoms with E-state index in [1.807, 2.05) is 0 Å². The Labute approximate surface area is 100 Å². The van der Waals surface area contributed by atoms with Crippen LogP contribution in [0.2, 0.25) is 0 Å². The Morgan fingerprint density at radius 3 is 2.50 bits per heavy atom. The summed E-state index contributed by atoms with van der Waals surface area (Å²) in [4.78, 5) is 1.33. The molecule has 1 aromatic carbocycles. The van der Waals surface area contributed by atoms with Gasteiger partial charge in [0, 0.05) is 10.8 Å². The summed E-state index contributed by atoms with van der Waals surface area (Å²) in [5.41, 5.74) is 2.48. The van der Waals surface area contributed by atoms with Crippen molar-refractivity contribution in [2.24, 2.45) is 0 Å². The van der Waals surface area contributed by atoms with Crippen LogP contribution in [0.3, 0.4) is 0 Å². The molecular weight excluding hydrogens is 216 g/mol. The lowest BCUT2D eigenvalue weighted by Crippen LogP contribution is -2.06. The van der Waals surface area contributed by atoms with Crippen molar-refractivity contribution < 1.29 is 5.11 Å². The molecule has 1 aromatic heterocycles. The van der Waals surface area contributed by atoms with Crippen molar-refractivity contribution >= 4 is 11.3 Å². The maximum Gasteiger partial charge on any atom is 0.0503 e. The van der Waals surface area contributed by atoms with Gasteiger partial charge in [-0.1, -0.05) is 35.9 Å². The highest BCUT2D eigenvalue weighted by Crippen LogP contribution is 2.23. The molecule has 84 valence electrons. The van der Waals surface area contributed by atoms with Gasteiger partial charge in [0.25, 0.3) is 0 Å². The molecule has 16 heavy (non-hydrogen) atoms. The second kappa shape index (κ2) is 5.28. The molecule has 2 rings (SSSR count). The fourth-order valence-corrected chi connectivity index (χ4v) is 2.58. The van der Waals surface area contributed by atoms with Gasteiger partial charge in [-0.3, -0.25) is 0 Å². The predicted octanol–water partition coefficient (Wildman–Crippen LogP) is 3.38. The second-order valence-electron chi connectivity index (χ2n) is 4.07. The topological polar surface area (TPSA) is 20.2 Å². The van der Waals surface area contributed by atoms with Crippen LogP contribution < -0.4 is 0 Å². The van der Waals surface area contributed by atoms with Crippen LogP contribution in [0.1, 0.15) is 21.9 Å². The van der Waals surface area contributed by atoms with Crippen molar-refractivity contribution in [3.8, 4) is 0 Å². The van der Waals surface area contributed by atoms with Crippen LogP contribution in [0, 0.1) is 6.92 Å². The smallest absolute Gasteiger partial charge is 0.0503 e. The third kappa shape index (κ3) is 2.71. The first-order valence-electron chi connectivity index (χ1n) is 5.49. The summed E-state index contributed by atoms with van der Waals surface area (Å²) < 4.78 is 0. The maximum atomic E-state index is 9.45. The lowest BCUT2D eigenvalue weighted by Gasteiger charge is -2.13. The summed E-state index contributed by atoms with van der Waals surface area (Å²) in [6, 6.07) is 12.6. The van der Waals surface area contributed by atoms with Gasteiger partial charge in [-0.2, -0.15) is 0 Å². The van der Waals surface area contributed by atoms with E-state index in [-0.39, 0.29) is 12.5 Å². The van der Waals surface area contributed by atoms with E-state index < -0.39 is 0 Å². The van der Waals surface area contributed by atoms with E-state index in [0.717, 1.165) is 6.42 Å². The third-order valence-electron chi connectivity index (χ3n) is 2.80. The summed E-state index contributed by atoms with van der Waals surface area (Å²) in [6.07, 6.45) is 0.928. The summed E-state index contributed by atoms with van der Waals surface area (Å²) in [5, 5.41) is 11.5. The average molecular weight is 232 g/mol. The van der Waals surface area contributed by atoms with Gasteiger partial charge < -0.3 is 5.11 Å². The molecule has 0 aliphatic carbocycles. The summed E-state index contributed by atoms with van der Waals surface area (Å²) >= 11 is 1.75. The Morgan fingerprint density at radius 1 is 1.19 bits per heavy atom. The number of aryl methyl sites for hydroxylation is 1. The fraction of sp³-hybridized carbons (Fsp3) is 0.286. The zero-order valence-electron chi connectivity index (χ0n) is 9.39. The van der Waals surface area contributed by atoms with E-state index in [4.69, 9.17) is 0 Å². The molecule has 1 unspecified atom stereocenters. The normalized spacial score (nSPS) is 12.6. The Bertz CT molecular complexity index is 417. The first-order valence-corrected chi connectivity index (χ1v) is 6.37. The van der Waals surface area contributed by atoms with E-state index in [1.54, 1.807) is 11.3 Å². The predicted molar refractivity (Wildman–Crippen MR) is 69.0 cm³/mol. The number of thiophene rings is 1. The SMILES string of the molecule is Cc1ccc(C(CO)Cc2cccs2)cc1. The average Bonchev–Trinajstić information content (AvgIpc) is 2.80. The molecule has 1 nitrogen and oxygen atoms in total. The molecule has 1 heterocycles. The van der Waals surface area contributed by atoms with Crippen molar-refractivity contribution in [2.45, 2.75) is 19.3 Å². The van der Waals surface area contributed by atoms with Gasteiger partial charge in [-0.05, 0) is 30.4 Å². The van der Waals surface area contributed by atoms with Gasteiger partial charge in [0.2, 0.25) is 0 Å². The number of aliphatic hydroxyl groups is 1. The van der Waals surface area contributed by atoms with Crippen LogP contribution in [0.15, 0.2) is 41.8 Å². The molecule has 0 aliphatic heterocycles. The van der Waals surface area contributed by atoms with Crippen molar-refractivity contribution in [3.05, 3.63) is 57.8 Å². The Kier molecular flexibility index (Phi) is 3.75. The molecule has 0 bridgehead atoms. The monoisotopic (exact) mass is 232 g/mol. The summed E-state index contributed by atoms with van der Waals surface area (Å²) in [5.74, 6) is 0.222. The summed E-state index contributed by atoms with van der Waals surface area (Å²) in [7, 11) is 0. The molecule has 0 aliphatic rings. The largest absolute Gasteiger partial charge is 0.396 e. The van der Waals surface area contributed by atoms with Gasteiger partial charge in [0.15, 0.2) is 0 Å². The van der Waals surface area contributed by atoms with Crippen LogP contribution >= 0.6 is 11.3 Å². The van der Waals surface area contributed by atoms with Gasteiger partial charge >= 0.3 is 0 Å². The Morgan fingerprint density at radius 2 is 1.94 bits per heavy atom. The highest BCUT2D eigenvalue weighted by molar-refractivity contribution is 7.09. The van der Waals surface area contributed by atoms with E-state index >= 15 is 0 Å². The molecule has 0 fully saturated rings. The molecule has 0 spiro atoms. The number of aliphatic hydroxyl groups excluding tert-OH is 1. The van der Waals surface area contributed by atoms with Crippen LogP contribution in [-0.4, -0.2) is 11.7 Å². The summed E-state index contributed by atoms with van der Waals surface area (Å²) in [6.45, 7) is 2.29. The number of hydrogen-bond acceptors (Lipinski definition) is 2. The standard InChI is InChI=1S/C14H16OS/c1-11-4-6-12(7-5-11)13(10-15)9-14-3-2-8-16-14/h2-8,13,15H,9-10H2,1H3. The van der Waals surface area contributed by atoms with Crippen molar-refractivity contribution in [3.63, 3.8) is 0 Å². The van der Waals surface area contributed by atoms with Gasteiger partial charge in [0.1, 0.15) is 0 Å². The van der Waals surface area contributed by atoms with Crippen LogP contribution in [0.25, 0.3) is 0 Å². The number of rotatable bonds is 4. The lowest BCUT2D eigenvalue weighted by atomic mass is 9.95. The lowest BCUT2D eigenvalue weighted by molar-refractivity contribution is 0.265. The molecule has 1 atom stereocenters. The first kappa shape index (κ1) is 11.4. The molecule has 1 N–H and O–H groups in total. The van der Waals surface area contributed by atoms with E-state index in [1.165, 1.54) is 16.0 Å². The fourth-order valence-electron chi connectivity index (χ4n) is 1.80. The van der Waals surface area contributed by atoms with E-state index in [9.17, 15) is 5.11 Å². The maximum absolute atomic E-state index is 9.45. The molecule has 2 heteroatoms. The van der Waals surface area contributed by atoms with Crippen molar-refractivity contribution in [1.29, 1.82) is 0 Å². The minimum absolute atomic E-state index is 0.209. The van der Waals surface area contributed by atoms with Gasteiger partial charge in [-0.25, -0.2) is 0 Å². The van der Waals surface area contributed by atoms with Gasteiger partial charge in [0.05, 0.1) is 6.61 Å². The van der Waals surface area contributed by atoms with Crippen LogP contribution in [0.4, 0.5) is 0 Å². The van der Waals surface area contributed by atoms with E-state index in [2.05, 4.69) is 48.7 Å². The Balaban J connectivity index is 2.13. The zero-order chi connectivity index (χ0) is 11.4. The number of hydrogen-bond donors (Lipinski definition) is 1. The van der Waals surface area contributed by atoms with Crippen molar-refractivity contribution in [1.82, 2.24) is 0 Å². The van der Waals surface area contributed by atoms with Gasteiger partial charge in [-0.15, -0.1) is 11.3 Å². The second-order valence-corrected chi connectivity index (χ2v) is 5.11. The molecule has 0 saturated carbocycles. The van der Waals surface area contributed by atoms with Crippen molar-refractivity contribution in [2.75, 3.05) is 6.61 Å². The number of benzene rings is 1. The molecular formula is C14H16OS. The Hall–Kier alpha value is -1.12. The zero-order valence-corrected chi connectivity index (χ0v) is 10.2. The highest BCUT2D eigenvalue weighted by atomic mass is 32.1. The molecule has 0 amide bonds. The molecule has 0 saturated heterocycles. The molecule has 0 radical (unpaired) electrons. The highest BCUT2D eigenvalue weighted by Gasteiger charge is 2.11. The molecule has 2 aromatic rings. The first-order chi connectivity index (χ1) is 7.79. The van der Waals surface area contributed by atoms with E-state index in [0.29, 0.717) is 0 Å². The van der Waals surface area contributed by atoms with Crippen LogP contribution in [-0.2, 0) is 6.42 Å². The van der Waals surface area contributed by atoms with Crippen LogP contribution in [0.5, 0.6) is 0 Å². The quantitative estimate of drug-likeness (QED) is 0.857. The third-order valence-corrected chi connectivity index (χ3v) is 3.70. The minimum atomic E-state index is 0.209. The minimum Gasteiger partial charge on any atom is -0.396 e.